The average Bonchev–Trinajstić information content (AvgIpc) is 2.48. The summed E-state index contributed by atoms with van der Waals surface area (Å²) < 4.78 is 5.29. The lowest BCUT2D eigenvalue weighted by molar-refractivity contribution is -0.384. The molecule has 1 saturated heterocycles. The van der Waals surface area contributed by atoms with Gasteiger partial charge < -0.3 is 10.1 Å². The summed E-state index contributed by atoms with van der Waals surface area (Å²) in [6.07, 6.45) is 1.79. The lowest BCUT2D eigenvalue weighted by Crippen LogP contribution is -2.40. The zero-order chi connectivity index (χ0) is 15.4. The molecule has 21 heavy (non-hydrogen) atoms. The molecule has 1 unspecified atom stereocenters. The smallest absolute Gasteiger partial charge is 0.270 e. The highest BCUT2D eigenvalue weighted by molar-refractivity contribution is 6.33. The van der Waals surface area contributed by atoms with Crippen LogP contribution >= 0.6 is 11.6 Å². The minimum absolute atomic E-state index is 0.0308. The molecule has 1 aromatic rings. The van der Waals surface area contributed by atoms with E-state index >= 15 is 0 Å². The van der Waals surface area contributed by atoms with Crippen LogP contribution in [0.1, 0.15) is 30.1 Å². The van der Waals surface area contributed by atoms with Crippen molar-refractivity contribution in [1.82, 2.24) is 5.32 Å². The van der Waals surface area contributed by atoms with E-state index in [4.69, 9.17) is 16.3 Å². The number of non-ortho nitro benzene ring substituents is 1. The lowest BCUT2D eigenvalue weighted by Gasteiger charge is -2.28. The fourth-order valence-corrected chi connectivity index (χ4v) is 2.62. The molecule has 1 N–H and O–H groups in total. The Morgan fingerprint density at radius 3 is 2.76 bits per heavy atom. The van der Waals surface area contributed by atoms with Crippen LogP contribution in [0.3, 0.4) is 0 Å². The summed E-state index contributed by atoms with van der Waals surface area (Å²) in [6, 6.07) is 3.82. The van der Waals surface area contributed by atoms with Gasteiger partial charge in [-0.25, -0.2) is 0 Å². The van der Waals surface area contributed by atoms with Crippen LogP contribution in [0.5, 0.6) is 0 Å². The second-order valence-corrected chi connectivity index (χ2v) is 5.54. The number of carbonyl (C=O) groups is 1. The fourth-order valence-electron chi connectivity index (χ4n) is 2.42. The number of nitro benzene ring substituents is 1. The van der Waals surface area contributed by atoms with Gasteiger partial charge in [-0.05, 0) is 31.7 Å². The molecule has 0 saturated carbocycles. The summed E-state index contributed by atoms with van der Waals surface area (Å²) >= 11 is 5.96. The van der Waals surface area contributed by atoms with Crippen molar-refractivity contribution in [1.29, 1.82) is 0 Å². The molecule has 1 fully saturated rings. The van der Waals surface area contributed by atoms with Gasteiger partial charge in [0.25, 0.3) is 11.6 Å². The maximum absolute atomic E-state index is 12.2. The van der Waals surface area contributed by atoms with Crippen LogP contribution in [-0.2, 0) is 4.74 Å². The van der Waals surface area contributed by atoms with Gasteiger partial charge in [-0.15, -0.1) is 0 Å². The Balaban J connectivity index is 2.08. The molecule has 0 bridgehead atoms. The summed E-state index contributed by atoms with van der Waals surface area (Å²) in [5, 5.41) is 13.9. The van der Waals surface area contributed by atoms with Gasteiger partial charge in [0.15, 0.2) is 0 Å². The Kier molecular flexibility index (Phi) is 5.14. The fraction of sp³-hybridized carbons (Fsp3) is 0.500. The van der Waals surface area contributed by atoms with Gasteiger partial charge in [-0.3, -0.25) is 14.9 Å². The van der Waals surface area contributed by atoms with Crippen molar-refractivity contribution < 1.29 is 14.5 Å². The van der Waals surface area contributed by atoms with E-state index in [0.717, 1.165) is 12.8 Å². The van der Waals surface area contributed by atoms with Gasteiger partial charge in [-0.1, -0.05) is 11.6 Å². The second-order valence-electron chi connectivity index (χ2n) is 5.13. The third-order valence-corrected chi connectivity index (χ3v) is 4.07. The number of amides is 1. The number of nitrogens with one attached hydrogen (secondary N) is 1. The van der Waals surface area contributed by atoms with E-state index in [2.05, 4.69) is 5.32 Å². The molecule has 2 rings (SSSR count). The van der Waals surface area contributed by atoms with Crippen molar-refractivity contribution in [3.05, 3.63) is 38.9 Å². The molecule has 6 nitrogen and oxygen atoms in total. The van der Waals surface area contributed by atoms with Crippen molar-refractivity contribution in [3.63, 3.8) is 0 Å². The van der Waals surface area contributed by atoms with Crippen molar-refractivity contribution in [2.75, 3.05) is 13.2 Å². The number of carbonyl (C=O) groups excluding carboxylic acids is 1. The maximum atomic E-state index is 12.2. The van der Waals surface area contributed by atoms with Gasteiger partial charge in [0, 0.05) is 31.4 Å². The largest absolute Gasteiger partial charge is 0.381 e. The minimum Gasteiger partial charge on any atom is -0.381 e. The molecule has 1 aromatic carbocycles. The monoisotopic (exact) mass is 312 g/mol. The first-order chi connectivity index (χ1) is 9.99. The normalized spacial score (nSPS) is 17.2. The molecule has 1 atom stereocenters. The third-order valence-electron chi connectivity index (χ3n) is 3.74. The molecule has 0 radical (unpaired) electrons. The average molecular weight is 313 g/mol. The quantitative estimate of drug-likeness (QED) is 0.684. The molecular formula is C14H17ClN2O4. The zero-order valence-electron chi connectivity index (χ0n) is 11.7. The predicted octanol–water partition coefficient (Wildman–Crippen LogP) is 2.79. The highest BCUT2D eigenvalue weighted by atomic mass is 35.5. The summed E-state index contributed by atoms with van der Waals surface area (Å²) in [5.41, 5.74) is -0.0203. The molecule has 1 amide bonds. The Bertz CT molecular complexity index is 544. The first kappa shape index (κ1) is 15.7. The number of rotatable bonds is 4. The standard InChI is InChI=1S/C14H17ClN2O4/c1-9(10-4-6-21-7-5-10)16-14(18)12-8-11(17(19)20)2-3-13(12)15/h2-3,8-10H,4-7H2,1H3,(H,16,18). The highest BCUT2D eigenvalue weighted by Gasteiger charge is 2.23. The van der Waals surface area contributed by atoms with E-state index in [-0.39, 0.29) is 28.2 Å². The number of ether oxygens (including phenoxy) is 1. The molecule has 0 aromatic heterocycles. The number of nitrogens with zero attached hydrogens (tertiary/aromatic N) is 1. The summed E-state index contributed by atoms with van der Waals surface area (Å²) in [5.74, 6) is -0.0390. The third kappa shape index (κ3) is 3.92. The zero-order valence-corrected chi connectivity index (χ0v) is 12.4. The summed E-state index contributed by atoms with van der Waals surface area (Å²) in [7, 11) is 0. The first-order valence-electron chi connectivity index (χ1n) is 6.81. The number of nitro groups is 1. The number of hydrogen-bond donors (Lipinski definition) is 1. The molecule has 114 valence electrons. The maximum Gasteiger partial charge on any atom is 0.270 e. The molecular weight excluding hydrogens is 296 g/mol. The van der Waals surface area contributed by atoms with Crippen LogP contribution in [0, 0.1) is 16.0 Å². The SMILES string of the molecule is CC(NC(=O)c1cc([N+](=O)[O-])ccc1Cl)C1CCOCC1. The van der Waals surface area contributed by atoms with Crippen molar-refractivity contribution in [3.8, 4) is 0 Å². The predicted molar refractivity (Wildman–Crippen MR) is 78.6 cm³/mol. The van der Waals surface area contributed by atoms with E-state index in [1.165, 1.54) is 18.2 Å². The summed E-state index contributed by atoms with van der Waals surface area (Å²) in [6.45, 7) is 3.32. The molecule has 1 aliphatic rings. The minimum atomic E-state index is -0.547. The lowest BCUT2D eigenvalue weighted by atomic mass is 9.93. The van der Waals surface area contributed by atoms with Crippen LogP contribution in [0.25, 0.3) is 0 Å². The van der Waals surface area contributed by atoms with Crippen molar-refractivity contribution in [2.45, 2.75) is 25.8 Å². The van der Waals surface area contributed by atoms with Gasteiger partial charge in [0.1, 0.15) is 0 Å². The van der Waals surface area contributed by atoms with Gasteiger partial charge >= 0.3 is 0 Å². The van der Waals surface area contributed by atoms with Gasteiger partial charge in [0.05, 0.1) is 15.5 Å². The number of hydrogen-bond acceptors (Lipinski definition) is 4. The van der Waals surface area contributed by atoms with E-state index in [1.807, 2.05) is 6.92 Å². The van der Waals surface area contributed by atoms with Crippen molar-refractivity contribution in [2.24, 2.45) is 5.92 Å². The van der Waals surface area contributed by atoms with Gasteiger partial charge in [0.2, 0.25) is 0 Å². The van der Waals surface area contributed by atoms with Crippen molar-refractivity contribution >= 4 is 23.2 Å². The van der Waals surface area contributed by atoms with E-state index in [1.54, 1.807) is 0 Å². The molecule has 1 aliphatic heterocycles. The Hall–Kier alpha value is -1.66. The van der Waals surface area contributed by atoms with Crippen LogP contribution in [-0.4, -0.2) is 30.1 Å². The van der Waals surface area contributed by atoms with Crippen LogP contribution in [0.4, 0.5) is 5.69 Å². The molecule has 7 heteroatoms. The van der Waals surface area contributed by atoms with E-state index < -0.39 is 4.92 Å². The summed E-state index contributed by atoms with van der Waals surface area (Å²) in [4.78, 5) is 22.5. The van der Waals surface area contributed by atoms with Crippen LogP contribution in [0.15, 0.2) is 18.2 Å². The highest BCUT2D eigenvalue weighted by Crippen LogP contribution is 2.23. The number of benzene rings is 1. The van der Waals surface area contributed by atoms with Crippen LogP contribution < -0.4 is 5.32 Å². The van der Waals surface area contributed by atoms with Crippen LogP contribution in [0.2, 0.25) is 5.02 Å². The van der Waals surface area contributed by atoms with E-state index in [9.17, 15) is 14.9 Å². The molecule has 0 aliphatic carbocycles. The first-order valence-corrected chi connectivity index (χ1v) is 7.19. The topological polar surface area (TPSA) is 81.5 Å². The Morgan fingerprint density at radius 2 is 2.14 bits per heavy atom. The second kappa shape index (κ2) is 6.87. The van der Waals surface area contributed by atoms with E-state index in [0.29, 0.717) is 19.1 Å². The molecule has 0 spiro atoms. The Morgan fingerprint density at radius 1 is 1.48 bits per heavy atom. The number of halogens is 1. The Labute approximate surface area is 127 Å². The van der Waals surface area contributed by atoms with Gasteiger partial charge in [-0.2, -0.15) is 0 Å². The molecule has 1 heterocycles.